The molecule has 0 spiro atoms. The van der Waals surface area contributed by atoms with Crippen LogP contribution in [-0.4, -0.2) is 51.8 Å². The second kappa shape index (κ2) is 14.3. The van der Waals surface area contributed by atoms with E-state index in [1.54, 1.807) is 32.3 Å². The minimum absolute atomic E-state index is 0.167. The molecule has 0 aliphatic carbocycles. The second-order valence-corrected chi connectivity index (χ2v) is 10.7. The molecule has 0 saturated heterocycles. The zero-order chi connectivity index (χ0) is 34.3. The van der Waals surface area contributed by atoms with E-state index in [0.717, 1.165) is 17.1 Å². The van der Waals surface area contributed by atoms with Crippen LogP contribution in [0.3, 0.4) is 0 Å². The number of aromatic nitrogens is 8. The smallest absolute Gasteiger partial charge is 0.265 e. The lowest BCUT2D eigenvalue weighted by Gasteiger charge is -2.04. The Hall–Kier alpha value is -6.82. The van der Waals surface area contributed by atoms with Gasteiger partial charge in [-0.1, -0.05) is 44.0 Å². The molecule has 0 unspecified atom stereocenters. The number of allylic oxidation sites excluding steroid dienone is 3. The molecule has 6 aromatic rings. The van der Waals surface area contributed by atoms with Crippen LogP contribution in [0.25, 0.3) is 45.3 Å². The van der Waals surface area contributed by atoms with Gasteiger partial charge in [0, 0.05) is 23.5 Å². The summed E-state index contributed by atoms with van der Waals surface area (Å²) < 4.78 is 11.7. The van der Waals surface area contributed by atoms with E-state index < -0.39 is 0 Å². The lowest BCUT2D eigenvalue weighted by atomic mass is 10.2. The van der Waals surface area contributed by atoms with Crippen molar-refractivity contribution in [1.29, 1.82) is 0 Å². The summed E-state index contributed by atoms with van der Waals surface area (Å²) >= 11 is 0. The van der Waals surface area contributed by atoms with Crippen LogP contribution in [0.5, 0.6) is 0 Å². The Morgan fingerprint density at radius 3 is 1.73 bits per heavy atom. The summed E-state index contributed by atoms with van der Waals surface area (Å²) in [4.78, 5) is 27.2. The molecular weight excluding hydrogens is 616 g/mol. The van der Waals surface area contributed by atoms with Gasteiger partial charge in [-0.2, -0.15) is 0 Å². The van der Waals surface area contributed by atoms with E-state index in [0.29, 0.717) is 51.0 Å². The molecule has 0 radical (unpaired) electrons. The first-order valence-electron chi connectivity index (χ1n) is 15.1. The summed E-state index contributed by atoms with van der Waals surface area (Å²) in [5.41, 5.74) is 7.14. The second-order valence-electron chi connectivity index (χ2n) is 10.7. The number of rotatable bonds is 11. The fourth-order valence-electron chi connectivity index (χ4n) is 4.54. The standard InChI is InChI=1S/C37H30N10O2/c1-22(34-44-46-36(48-34)26(5)40-24(3)28-15-11-17-32(42-28)30-13-7-9-19-38-30)21-23(2)35-45-47-37(49-35)27(6)41-25(4)29-16-12-18-33(43-29)31-14-8-10-20-39-31/h7-21H,1,3,6H2,2,4-5H3/b23-21+,40-26?,41-25?. The quantitative estimate of drug-likeness (QED) is 0.102. The van der Waals surface area contributed by atoms with Gasteiger partial charge in [0.05, 0.1) is 45.6 Å². The van der Waals surface area contributed by atoms with Gasteiger partial charge in [0.25, 0.3) is 11.8 Å². The van der Waals surface area contributed by atoms with E-state index in [9.17, 15) is 0 Å². The minimum atomic E-state index is 0.167. The van der Waals surface area contributed by atoms with E-state index in [2.05, 4.69) is 70.1 Å². The van der Waals surface area contributed by atoms with Crippen molar-refractivity contribution in [1.82, 2.24) is 40.3 Å². The van der Waals surface area contributed by atoms with Gasteiger partial charge in [-0.25, -0.2) is 20.0 Å². The molecule has 0 fully saturated rings. The van der Waals surface area contributed by atoms with Crippen LogP contribution in [-0.2, 0) is 0 Å². The van der Waals surface area contributed by atoms with Crippen LogP contribution < -0.4 is 0 Å². The van der Waals surface area contributed by atoms with Gasteiger partial charge < -0.3 is 8.83 Å². The van der Waals surface area contributed by atoms with Gasteiger partial charge in [-0.3, -0.25) is 9.97 Å². The highest BCUT2D eigenvalue weighted by atomic mass is 16.4. The predicted octanol–water partition coefficient (Wildman–Crippen LogP) is 7.44. The highest BCUT2D eigenvalue weighted by molar-refractivity contribution is 6.00. The Morgan fingerprint density at radius 2 is 1.08 bits per heavy atom. The molecule has 6 rings (SSSR count). The van der Waals surface area contributed by atoms with Crippen molar-refractivity contribution in [3.63, 3.8) is 0 Å². The molecule has 6 heterocycles. The van der Waals surface area contributed by atoms with Gasteiger partial charge in [0.2, 0.25) is 11.8 Å². The Kier molecular flexibility index (Phi) is 9.38. The molecule has 49 heavy (non-hydrogen) atoms. The molecule has 240 valence electrons. The first kappa shape index (κ1) is 32.1. The first-order valence-corrected chi connectivity index (χ1v) is 15.1. The van der Waals surface area contributed by atoms with Crippen molar-refractivity contribution in [3.8, 4) is 22.8 Å². The van der Waals surface area contributed by atoms with Crippen molar-refractivity contribution in [2.45, 2.75) is 20.8 Å². The third-order valence-corrected chi connectivity index (χ3v) is 7.03. The van der Waals surface area contributed by atoms with Gasteiger partial charge in [0.1, 0.15) is 11.4 Å². The maximum Gasteiger partial charge on any atom is 0.265 e. The lowest BCUT2D eigenvalue weighted by molar-refractivity contribution is 0.523. The van der Waals surface area contributed by atoms with Gasteiger partial charge in [-0.15, -0.1) is 20.4 Å². The third kappa shape index (κ3) is 7.60. The van der Waals surface area contributed by atoms with Crippen LogP contribution in [0.2, 0.25) is 0 Å². The molecule has 0 N–H and O–H groups in total. The first-order chi connectivity index (χ1) is 23.7. The number of nitrogens with zero attached hydrogens (tertiary/aromatic N) is 10. The molecule has 0 aliphatic heterocycles. The Morgan fingerprint density at radius 1 is 0.551 bits per heavy atom. The van der Waals surface area contributed by atoms with E-state index >= 15 is 0 Å². The van der Waals surface area contributed by atoms with Gasteiger partial charge >= 0.3 is 0 Å². The summed E-state index contributed by atoms with van der Waals surface area (Å²) in [6, 6.07) is 22.6. The van der Waals surface area contributed by atoms with E-state index in [1.807, 2.05) is 79.7 Å². The summed E-state index contributed by atoms with van der Waals surface area (Å²) in [5, 5.41) is 16.5. The lowest BCUT2D eigenvalue weighted by Crippen LogP contribution is -2.00. The van der Waals surface area contributed by atoms with Crippen molar-refractivity contribution < 1.29 is 8.83 Å². The van der Waals surface area contributed by atoms with E-state index in [4.69, 9.17) is 8.83 Å². The fraction of sp³-hybridized carbons (Fsp3) is 0.0811. The average Bonchev–Trinajstić information content (AvgIpc) is 3.84. The largest absolute Gasteiger partial charge is 0.415 e. The van der Waals surface area contributed by atoms with Crippen LogP contribution in [0, 0.1) is 0 Å². The molecular formula is C37H30N10O2. The Labute approximate surface area is 282 Å². The van der Waals surface area contributed by atoms with Gasteiger partial charge in [-0.05, 0) is 75.4 Å². The fourth-order valence-corrected chi connectivity index (χ4v) is 4.54. The molecule has 12 heteroatoms. The maximum atomic E-state index is 5.87. The third-order valence-electron chi connectivity index (χ3n) is 7.03. The van der Waals surface area contributed by atoms with Crippen LogP contribution in [0.4, 0.5) is 0 Å². The highest BCUT2D eigenvalue weighted by Crippen LogP contribution is 2.24. The Balaban J connectivity index is 1.12. The van der Waals surface area contributed by atoms with Crippen LogP contribution in [0.1, 0.15) is 55.7 Å². The summed E-state index contributed by atoms with van der Waals surface area (Å²) in [6.07, 6.45) is 5.15. The molecule has 0 aromatic carbocycles. The number of hydrogen-bond donors (Lipinski definition) is 0. The number of aliphatic imine (C=N–C) groups is 2. The molecule has 0 saturated carbocycles. The van der Waals surface area contributed by atoms with Gasteiger partial charge in [0.15, 0.2) is 0 Å². The SMILES string of the molecule is C=C(N=C(C)c1nnc(C(=C)/C=C(\C)c2nnc(C(=C)N=C(C)c3cccc(-c4ccccn4)n3)o2)o1)c1cccc(-c2ccccn2)n1. The summed E-state index contributed by atoms with van der Waals surface area (Å²) in [6.45, 7) is 17.5. The van der Waals surface area contributed by atoms with Crippen LogP contribution in [0.15, 0.2) is 130 Å². The van der Waals surface area contributed by atoms with Crippen molar-refractivity contribution in [2.24, 2.45) is 9.98 Å². The molecule has 0 amide bonds. The zero-order valence-corrected chi connectivity index (χ0v) is 27.1. The number of hydrogen-bond acceptors (Lipinski definition) is 12. The van der Waals surface area contributed by atoms with Crippen molar-refractivity contribution >= 4 is 34.0 Å². The van der Waals surface area contributed by atoms with E-state index in [1.165, 1.54) is 0 Å². The Bertz CT molecular complexity index is 2260. The van der Waals surface area contributed by atoms with Crippen molar-refractivity contribution in [2.75, 3.05) is 0 Å². The highest BCUT2D eigenvalue weighted by Gasteiger charge is 2.16. The topological polar surface area (TPSA) is 154 Å². The molecule has 12 nitrogen and oxygen atoms in total. The summed E-state index contributed by atoms with van der Waals surface area (Å²) in [5.74, 6) is 0.846. The molecule has 0 bridgehead atoms. The predicted molar refractivity (Wildman–Crippen MR) is 189 cm³/mol. The number of pyridine rings is 4. The molecule has 0 aliphatic rings. The van der Waals surface area contributed by atoms with E-state index in [-0.39, 0.29) is 23.6 Å². The van der Waals surface area contributed by atoms with Crippen molar-refractivity contribution in [3.05, 3.63) is 146 Å². The average molecular weight is 647 g/mol. The minimum Gasteiger partial charge on any atom is -0.415 e. The molecule has 6 aromatic heterocycles. The maximum absolute atomic E-state index is 5.87. The normalized spacial score (nSPS) is 12.2. The summed E-state index contributed by atoms with van der Waals surface area (Å²) in [7, 11) is 0. The van der Waals surface area contributed by atoms with Crippen LogP contribution >= 0.6 is 0 Å². The molecule has 0 atom stereocenters. The monoisotopic (exact) mass is 646 g/mol. The zero-order valence-electron chi connectivity index (χ0n) is 27.1.